The summed E-state index contributed by atoms with van der Waals surface area (Å²) in [6.45, 7) is 3.55. The van der Waals surface area contributed by atoms with Gasteiger partial charge in [-0.05, 0) is 17.7 Å². The van der Waals surface area contributed by atoms with Crippen LogP contribution >= 0.6 is 11.6 Å². The summed E-state index contributed by atoms with van der Waals surface area (Å²) in [5, 5.41) is 6.13. The minimum Gasteiger partial charge on any atom is -0.372 e. The molecule has 0 spiro atoms. The number of ether oxygens (including phenoxy) is 1. The number of hydrogen-bond acceptors (Lipinski definition) is 4. The Bertz CT molecular complexity index is 629. The van der Waals surface area contributed by atoms with Crippen molar-refractivity contribution in [3.8, 4) is 0 Å². The topological polar surface area (TPSA) is 70.7 Å². The lowest BCUT2D eigenvalue weighted by atomic mass is 9.95. The number of hydrogen-bond donors (Lipinski definition) is 2. The molecule has 25 heavy (non-hydrogen) atoms. The van der Waals surface area contributed by atoms with Crippen molar-refractivity contribution in [1.29, 1.82) is 0 Å². The number of likely N-dealkylation sites (N-methyl/N-ethyl adjacent to an activating group) is 1. The molecule has 1 aromatic rings. The van der Waals surface area contributed by atoms with Crippen molar-refractivity contribution in [2.24, 2.45) is 5.92 Å². The molecular weight excluding hydrogens is 349 g/mol. The molecule has 1 aliphatic heterocycles. The number of carbonyl (C=O) groups excluding carboxylic acids is 2. The highest BCUT2D eigenvalue weighted by atomic mass is 35.5. The molecule has 8 heteroatoms. The summed E-state index contributed by atoms with van der Waals surface area (Å²) in [6, 6.07) is 4.61. The second-order valence-corrected chi connectivity index (χ2v) is 6.52. The van der Waals surface area contributed by atoms with Crippen molar-refractivity contribution in [3.05, 3.63) is 34.6 Å². The van der Waals surface area contributed by atoms with E-state index in [-0.39, 0.29) is 35.4 Å². The zero-order valence-electron chi connectivity index (χ0n) is 14.4. The fourth-order valence-corrected chi connectivity index (χ4v) is 2.77. The van der Waals surface area contributed by atoms with Gasteiger partial charge in [0.2, 0.25) is 11.8 Å². The predicted octanol–water partition coefficient (Wildman–Crippen LogP) is 1.35. The molecule has 0 aromatic heterocycles. The van der Waals surface area contributed by atoms with E-state index >= 15 is 0 Å². The molecule has 6 nitrogen and oxygen atoms in total. The second kappa shape index (κ2) is 9.12. The fourth-order valence-electron chi connectivity index (χ4n) is 2.65. The Kier molecular flexibility index (Phi) is 7.16. The highest BCUT2D eigenvalue weighted by molar-refractivity contribution is 6.30. The lowest BCUT2D eigenvalue weighted by Crippen LogP contribution is -2.41. The number of nitrogens with one attached hydrogen (secondary N) is 2. The van der Waals surface area contributed by atoms with E-state index in [9.17, 15) is 14.0 Å². The average Bonchev–Trinajstić information content (AvgIpc) is 2.80. The summed E-state index contributed by atoms with van der Waals surface area (Å²) in [6.07, 6.45) is -0.354. The van der Waals surface area contributed by atoms with Gasteiger partial charge in [0.15, 0.2) is 0 Å². The van der Waals surface area contributed by atoms with Crippen molar-refractivity contribution in [1.82, 2.24) is 15.5 Å². The zero-order chi connectivity index (χ0) is 18.4. The van der Waals surface area contributed by atoms with Crippen LogP contribution in [0.4, 0.5) is 4.39 Å². The maximum atomic E-state index is 13.8. The van der Waals surface area contributed by atoms with Crippen LogP contribution in [0.25, 0.3) is 0 Å². The summed E-state index contributed by atoms with van der Waals surface area (Å²) in [5.74, 6) is -0.993. The average molecular weight is 372 g/mol. The van der Waals surface area contributed by atoms with Gasteiger partial charge in [-0.3, -0.25) is 9.59 Å². The molecule has 1 aromatic carbocycles. The Morgan fingerprint density at radius 2 is 2.24 bits per heavy atom. The number of amides is 2. The lowest BCUT2D eigenvalue weighted by molar-refractivity contribution is -0.133. The van der Waals surface area contributed by atoms with Crippen LogP contribution in [0.15, 0.2) is 18.2 Å². The largest absolute Gasteiger partial charge is 0.372 e. The molecule has 1 saturated heterocycles. The van der Waals surface area contributed by atoms with Crippen LogP contribution in [0.2, 0.25) is 5.02 Å². The summed E-state index contributed by atoms with van der Waals surface area (Å²) in [4.78, 5) is 24.5. The Morgan fingerprint density at radius 3 is 2.92 bits per heavy atom. The van der Waals surface area contributed by atoms with Crippen LogP contribution in [0, 0.1) is 11.7 Å². The van der Waals surface area contributed by atoms with Crippen molar-refractivity contribution in [2.45, 2.75) is 13.0 Å². The molecule has 2 rings (SSSR count). The van der Waals surface area contributed by atoms with Crippen LogP contribution < -0.4 is 10.6 Å². The third-order valence-corrected chi connectivity index (χ3v) is 4.47. The van der Waals surface area contributed by atoms with E-state index in [4.69, 9.17) is 16.3 Å². The third kappa shape index (κ3) is 5.66. The summed E-state index contributed by atoms with van der Waals surface area (Å²) < 4.78 is 19.6. The number of benzene rings is 1. The number of carbonyl (C=O) groups is 2. The molecule has 1 heterocycles. The van der Waals surface area contributed by atoms with Crippen LogP contribution in [-0.2, 0) is 14.3 Å². The molecule has 138 valence electrons. The third-order valence-electron chi connectivity index (χ3n) is 4.16. The van der Waals surface area contributed by atoms with E-state index in [1.165, 1.54) is 24.0 Å². The standard InChI is InChI=1S/C17H23ClFN3O3/c1-11(23)22(2)10-16(24)21-9-13-8-20-5-6-25-17(13)12-3-4-14(18)15(19)7-12/h3-4,7,13,17,20H,5-6,8-10H2,1-2H3,(H,21,24)/t13-,17-/m0/s1. The maximum absolute atomic E-state index is 13.8. The van der Waals surface area contributed by atoms with E-state index in [0.717, 1.165) is 0 Å². The maximum Gasteiger partial charge on any atom is 0.239 e. The van der Waals surface area contributed by atoms with Crippen LogP contribution in [0.3, 0.4) is 0 Å². The second-order valence-electron chi connectivity index (χ2n) is 6.11. The van der Waals surface area contributed by atoms with Gasteiger partial charge in [-0.2, -0.15) is 0 Å². The molecule has 1 aliphatic rings. The van der Waals surface area contributed by atoms with Crippen LogP contribution in [0.5, 0.6) is 0 Å². The van der Waals surface area contributed by atoms with Gasteiger partial charge in [0.05, 0.1) is 24.3 Å². The molecule has 0 aliphatic carbocycles. The van der Waals surface area contributed by atoms with E-state index < -0.39 is 5.82 Å². The van der Waals surface area contributed by atoms with E-state index in [1.54, 1.807) is 13.1 Å². The van der Waals surface area contributed by atoms with Crippen LogP contribution in [-0.4, -0.2) is 56.5 Å². The normalized spacial score (nSPS) is 20.6. The van der Waals surface area contributed by atoms with E-state index in [0.29, 0.717) is 31.8 Å². The lowest BCUT2D eigenvalue weighted by Gasteiger charge is -2.26. The first-order valence-electron chi connectivity index (χ1n) is 8.14. The van der Waals surface area contributed by atoms with Gasteiger partial charge in [-0.25, -0.2) is 4.39 Å². The smallest absolute Gasteiger partial charge is 0.239 e. The number of nitrogens with zero attached hydrogens (tertiary/aromatic N) is 1. The highest BCUT2D eigenvalue weighted by Crippen LogP contribution is 2.29. The van der Waals surface area contributed by atoms with Gasteiger partial charge < -0.3 is 20.3 Å². The quantitative estimate of drug-likeness (QED) is 0.819. The van der Waals surface area contributed by atoms with E-state index in [1.807, 2.05) is 0 Å². The summed E-state index contributed by atoms with van der Waals surface area (Å²) in [5.41, 5.74) is 0.686. The highest BCUT2D eigenvalue weighted by Gasteiger charge is 2.27. The molecule has 0 saturated carbocycles. The monoisotopic (exact) mass is 371 g/mol. The minimum atomic E-state index is -0.495. The molecule has 2 atom stereocenters. The first-order chi connectivity index (χ1) is 11.9. The molecular formula is C17H23ClFN3O3. The minimum absolute atomic E-state index is 0.00339. The van der Waals surface area contributed by atoms with Gasteiger partial charge in [-0.15, -0.1) is 0 Å². The molecule has 0 unspecified atom stereocenters. The summed E-state index contributed by atoms with van der Waals surface area (Å²) >= 11 is 5.75. The SMILES string of the molecule is CC(=O)N(C)CC(=O)NC[C@@H]1CNCCO[C@H]1c1ccc(Cl)c(F)c1. The first-order valence-corrected chi connectivity index (χ1v) is 8.52. The molecule has 1 fully saturated rings. The fraction of sp³-hybridized carbons (Fsp3) is 0.529. The molecule has 0 radical (unpaired) electrons. The number of halogens is 2. The predicted molar refractivity (Wildman–Crippen MR) is 92.8 cm³/mol. The van der Waals surface area contributed by atoms with Gasteiger partial charge >= 0.3 is 0 Å². The molecule has 2 N–H and O–H groups in total. The van der Waals surface area contributed by atoms with Gasteiger partial charge in [-0.1, -0.05) is 17.7 Å². The van der Waals surface area contributed by atoms with Crippen molar-refractivity contribution in [3.63, 3.8) is 0 Å². The molecule has 0 bridgehead atoms. The number of rotatable bonds is 5. The molecule has 2 amide bonds. The zero-order valence-corrected chi connectivity index (χ0v) is 15.1. The van der Waals surface area contributed by atoms with Crippen molar-refractivity contribution in [2.75, 3.05) is 39.8 Å². The first kappa shape index (κ1) is 19.6. The Morgan fingerprint density at radius 1 is 1.48 bits per heavy atom. The van der Waals surface area contributed by atoms with Crippen LogP contribution in [0.1, 0.15) is 18.6 Å². The van der Waals surface area contributed by atoms with Crippen molar-refractivity contribution < 1.29 is 18.7 Å². The van der Waals surface area contributed by atoms with Gasteiger partial charge in [0, 0.05) is 39.5 Å². The Labute approximate surface area is 151 Å². The van der Waals surface area contributed by atoms with Crippen molar-refractivity contribution >= 4 is 23.4 Å². The summed E-state index contributed by atoms with van der Waals surface area (Å²) in [7, 11) is 1.57. The Balaban J connectivity index is 2.03. The Hall–Kier alpha value is -1.70. The van der Waals surface area contributed by atoms with Gasteiger partial charge in [0.25, 0.3) is 0 Å². The van der Waals surface area contributed by atoms with Gasteiger partial charge in [0.1, 0.15) is 5.82 Å². The van der Waals surface area contributed by atoms with E-state index in [2.05, 4.69) is 10.6 Å².